The number of thiazole rings is 1. The lowest BCUT2D eigenvalue weighted by Crippen LogP contribution is -2.28. The lowest BCUT2D eigenvalue weighted by molar-refractivity contribution is -0.119. The number of carbonyl (C=O) groups excluding carboxylic acids is 2. The third-order valence-corrected chi connectivity index (χ3v) is 5.55. The molecule has 0 spiro atoms. The number of rotatable bonds is 7. The fourth-order valence-electron chi connectivity index (χ4n) is 3.04. The molecule has 0 saturated heterocycles. The zero-order valence-corrected chi connectivity index (χ0v) is 17.3. The van der Waals surface area contributed by atoms with Crippen LogP contribution in [0.3, 0.4) is 0 Å². The Balaban J connectivity index is 1.63. The van der Waals surface area contributed by atoms with E-state index in [1.54, 1.807) is 0 Å². The number of ether oxygens (including phenoxy) is 1. The highest BCUT2D eigenvalue weighted by molar-refractivity contribution is 7.19. The molecular formula is C21H18N6O3S. The first-order valence-corrected chi connectivity index (χ1v) is 10.2. The highest BCUT2D eigenvalue weighted by Gasteiger charge is 2.26. The maximum atomic E-state index is 13.1. The Morgan fingerprint density at radius 2 is 1.81 bits per heavy atom. The Labute approximate surface area is 181 Å². The molecule has 0 bridgehead atoms. The molecule has 1 amide bonds. The molecule has 1 N–H and O–H groups in total. The fourth-order valence-corrected chi connectivity index (χ4v) is 4.00. The van der Waals surface area contributed by atoms with Crippen molar-refractivity contribution in [1.82, 2.24) is 25.2 Å². The molecule has 31 heavy (non-hydrogen) atoms. The summed E-state index contributed by atoms with van der Waals surface area (Å²) in [5.41, 5.74) is 1.91. The normalized spacial score (nSPS) is 11.6. The van der Waals surface area contributed by atoms with Crippen molar-refractivity contribution in [2.75, 3.05) is 12.4 Å². The molecule has 0 saturated carbocycles. The van der Waals surface area contributed by atoms with Gasteiger partial charge in [-0.1, -0.05) is 72.0 Å². The second kappa shape index (κ2) is 9.26. The predicted octanol–water partition coefficient (Wildman–Crippen LogP) is 3.01. The number of nitrogens with zero attached hydrogens (tertiary/aromatic N) is 5. The molecule has 0 aliphatic carbocycles. The van der Waals surface area contributed by atoms with E-state index in [0.717, 1.165) is 11.1 Å². The highest BCUT2D eigenvalue weighted by atomic mass is 32.1. The van der Waals surface area contributed by atoms with Crippen LogP contribution in [0.5, 0.6) is 0 Å². The molecule has 0 aliphatic heterocycles. The second-order valence-electron chi connectivity index (χ2n) is 6.54. The van der Waals surface area contributed by atoms with Gasteiger partial charge in [-0.25, -0.2) is 14.5 Å². The Morgan fingerprint density at radius 1 is 1.10 bits per heavy atom. The van der Waals surface area contributed by atoms with E-state index < -0.39 is 12.0 Å². The highest BCUT2D eigenvalue weighted by Crippen LogP contribution is 2.34. The number of tetrazole rings is 1. The number of hydrogen-bond donors (Lipinski definition) is 1. The first-order valence-electron chi connectivity index (χ1n) is 9.37. The van der Waals surface area contributed by atoms with E-state index in [9.17, 15) is 9.59 Å². The van der Waals surface area contributed by atoms with Crippen LogP contribution in [0.1, 0.15) is 22.1 Å². The van der Waals surface area contributed by atoms with Crippen LogP contribution in [0, 0.1) is 0 Å². The minimum atomic E-state index is -0.692. The zero-order chi connectivity index (χ0) is 21.6. The monoisotopic (exact) mass is 434 g/mol. The van der Waals surface area contributed by atoms with Crippen molar-refractivity contribution in [2.45, 2.75) is 12.5 Å². The van der Waals surface area contributed by atoms with Gasteiger partial charge < -0.3 is 10.1 Å². The van der Waals surface area contributed by atoms with Gasteiger partial charge in [-0.15, -0.1) is 5.10 Å². The van der Waals surface area contributed by atoms with E-state index >= 15 is 0 Å². The number of anilines is 1. The number of aromatic nitrogens is 5. The summed E-state index contributed by atoms with van der Waals surface area (Å²) < 4.78 is 6.26. The Hall–Kier alpha value is -3.92. The first kappa shape index (κ1) is 20.4. The SMILES string of the molecule is COC(=O)c1nc(NC(=O)[C@@H](Cc2ccccc2)n2cnnn2)sc1-c1ccccc1. The fraction of sp³-hybridized carbons (Fsp3) is 0.143. The van der Waals surface area contributed by atoms with E-state index in [1.165, 1.54) is 29.5 Å². The first-order chi connectivity index (χ1) is 15.2. The number of methoxy groups -OCH3 is 1. The minimum Gasteiger partial charge on any atom is -0.464 e. The van der Waals surface area contributed by atoms with Gasteiger partial charge >= 0.3 is 5.97 Å². The maximum absolute atomic E-state index is 13.1. The topological polar surface area (TPSA) is 112 Å². The maximum Gasteiger partial charge on any atom is 0.358 e. The van der Waals surface area contributed by atoms with Gasteiger partial charge in [0.15, 0.2) is 10.8 Å². The van der Waals surface area contributed by atoms with E-state index in [2.05, 4.69) is 25.8 Å². The van der Waals surface area contributed by atoms with Gasteiger partial charge in [0.25, 0.3) is 5.91 Å². The predicted molar refractivity (Wildman–Crippen MR) is 115 cm³/mol. The average Bonchev–Trinajstić information content (AvgIpc) is 3.48. The van der Waals surface area contributed by atoms with Crippen LogP contribution >= 0.6 is 11.3 Å². The van der Waals surface area contributed by atoms with Crippen molar-refractivity contribution in [3.05, 3.63) is 78.2 Å². The van der Waals surface area contributed by atoms with Gasteiger partial charge in [0.1, 0.15) is 12.4 Å². The summed E-state index contributed by atoms with van der Waals surface area (Å²) in [4.78, 5) is 30.3. The van der Waals surface area contributed by atoms with Crippen molar-refractivity contribution in [3.8, 4) is 10.4 Å². The quantitative estimate of drug-likeness (QED) is 0.445. The second-order valence-corrected chi connectivity index (χ2v) is 7.54. The van der Waals surface area contributed by atoms with E-state index in [1.807, 2.05) is 60.7 Å². The molecule has 2 aromatic carbocycles. The molecule has 4 aromatic rings. The van der Waals surface area contributed by atoms with Crippen LogP contribution in [0.15, 0.2) is 67.0 Å². The van der Waals surface area contributed by atoms with Crippen molar-refractivity contribution in [1.29, 1.82) is 0 Å². The van der Waals surface area contributed by atoms with Gasteiger partial charge in [-0.2, -0.15) is 0 Å². The molecule has 1 atom stereocenters. The molecule has 0 fully saturated rings. The average molecular weight is 434 g/mol. The molecule has 2 heterocycles. The molecule has 0 aliphatic rings. The minimum absolute atomic E-state index is 0.149. The number of nitrogens with one attached hydrogen (secondary N) is 1. The Bertz CT molecular complexity index is 1160. The van der Waals surface area contributed by atoms with Crippen LogP contribution in [-0.2, 0) is 16.0 Å². The third-order valence-electron chi connectivity index (χ3n) is 4.53. The van der Waals surface area contributed by atoms with Crippen LogP contribution in [0.25, 0.3) is 10.4 Å². The molecule has 0 unspecified atom stereocenters. The number of carbonyl (C=O) groups is 2. The molecule has 9 nitrogen and oxygen atoms in total. The number of hydrogen-bond acceptors (Lipinski definition) is 8. The van der Waals surface area contributed by atoms with Gasteiger partial charge in [0.2, 0.25) is 0 Å². The van der Waals surface area contributed by atoms with Crippen LogP contribution < -0.4 is 5.32 Å². The Morgan fingerprint density at radius 3 is 2.45 bits per heavy atom. The summed E-state index contributed by atoms with van der Waals surface area (Å²) >= 11 is 1.20. The number of esters is 1. The van der Waals surface area contributed by atoms with Crippen molar-refractivity contribution in [2.24, 2.45) is 0 Å². The molecule has 0 radical (unpaired) electrons. The van der Waals surface area contributed by atoms with Gasteiger partial charge in [0.05, 0.1) is 12.0 Å². The van der Waals surface area contributed by atoms with Crippen molar-refractivity contribution >= 4 is 28.3 Å². The summed E-state index contributed by atoms with van der Waals surface area (Å²) in [6.07, 6.45) is 1.78. The molecule has 2 aromatic heterocycles. The van der Waals surface area contributed by atoms with E-state index in [0.29, 0.717) is 11.3 Å². The molecule has 10 heteroatoms. The Kier molecular flexibility index (Phi) is 6.08. The number of benzene rings is 2. The van der Waals surface area contributed by atoms with Crippen LogP contribution in [0.2, 0.25) is 0 Å². The van der Waals surface area contributed by atoms with Gasteiger partial charge in [-0.3, -0.25) is 4.79 Å². The van der Waals surface area contributed by atoms with E-state index in [4.69, 9.17) is 4.74 Å². The zero-order valence-electron chi connectivity index (χ0n) is 16.5. The largest absolute Gasteiger partial charge is 0.464 e. The van der Waals surface area contributed by atoms with Gasteiger partial charge in [-0.05, 0) is 21.6 Å². The lowest BCUT2D eigenvalue weighted by atomic mass is 10.1. The summed E-state index contributed by atoms with van der Waals surface area (Å²) in [5.74, 6) is -0.919. The smallest absolute Gasteiger partial charge is 0.358 e. The summed E-state index contributed by atoms with van der Waals surface area (Å²) in [5, 5.41) is 14.3. The van der Waals surface area contributed by atoms with Crippen LogP contribution in [-0.4, -0.2) is 44.2 Å². The van der Waals surface area contributed by atoms with Crippen molar-refractivity contribution < 1.29 is 14.3 Å². The summed E-state index contributed by atoms with van der Waals surface area (Å²) in [6, 6.07) is 18.2. The molecule has 156 valence electrons. The standard InChI is InChI=1S/C21H18N6O3S/c1-30-20(29)17-18(15-10-6-3-7-11-15)31-21(23-17)24-19(28)16(27-13-22-25-26-27)12-14-8-4-2-5-9-14/h2-11,13,16H,12H2,1H3,(H,23,24,28)/t16-/m1/s1. The lowest BCUT2D eigenvalue weighted by Gasteiger charge is -2.15. The molecular weight excluding hydrogens is 416 g/mol. The van der Waals surface area contributed by atoms with E-state index in [-0.39, 0.29) is 16.7 Å². The summed E-state index contributed by atoms with van der Waals surface area (Å²) in [6.45, 7) is 0. The van der Waals surface area contributed by atoms with Crippen molar-refractivity contribution in [3.63, 3.8) is 0 Å². The number of amides is 1. The van der Waals surface area contributed by atoms with Gasteiger partial charge in [0, 0.05) is 6.42 Å². The van der Waals surface area contributed by atoms with Crippen LogP contribution in [0.4, 0.5) is 5.13 Å². The molecule has 4 rings (SSSR count). The summed E-state index contributed by atoms with van der Waals surface area (Å²) in [7, 11) is 1.29. The third kappa shape index (κ3) is 4.64.